The van der Waals surface area contributed by atoms with Crippen molar-refractivity contribution in [1.29, 1.82) is 0 Å². The molecule has 0 aliphatic carbocycles. The maximum Gasteiger partial charge on any atom is 0.0620 e. The van der Waals surface area contributed by atoms with Crippen LogP contribution in [0.4, 0.5) is 0 Å². The standard InChI is InChI=1S/C42H24N2/c1-2-9-25(10-3-1)26-19-21-38-34(23-26)32-15-7-16-33-40-28(12-8-18-39(40)44(38)42(32)33)27-20-22-37-35(24-27)31-14-6-13-30-29-11-4-5-17-36(29)43(37)41(30)31/h1-24H. The first-order valence-corrected chi connectivity index (χ1v) is 15.3. The molecule has 0 spiro atoms. The number of fused-ring (bicyclic) bond motifs is 12. The van der Waals surface area contributed by atoms with Gasteiger partial charge in [0.1, 0.15) is 0 Å². The first kappa shape index (κ1) is 22.7. The van der Waals surface area contributed by atoms with E-state index >= 15 is 0 Å². The SMILES string of the molecule is c1ccc(-c2ccc3c(c2)c2cccc4c5c(-c6ccc7c(c6)c6cccc8c9ccccc9n7c86)cccc5n3c24)cc1. The summed E-state index contributed by atoms with van der Waals surface area (Å²) in [6.07, 6.45) is 0. The van der Waals surface area contributed by atoms with Crippen LogP contribution in [0.1, 0.15) is 0 Å². The molecule has 0 amide bonds. The predicted octanol–water partition coefficient (Wildman–Crippen LogP) is 11.3. The smallest absolute Gasteiger partial charge is 0.0620 e. The maximum atomic E-state index is 2.49. The van der Waals surface area contributed by atoms with Crippen LogP contribution in [0.2, 0.25) is 0 Å². The first-order valence-electron chi connectivity index (χ1n) is 15.3. The zero-order valence-electron chi connectivity index (χ0n) is 23.8. The van der Waals surface area contributed by atoms with E-state index in [1.54, 1.807) is 0 Å². The van der Waals surface area contributed by atoms with E-state index in [0.29, 0.717) is 0 Å². The van der Waals surface area contributed by atoms with Crippen LogP contribution in [0.5, 0.6) is 0 Å². The van der Waals surface area contributed by atoms with Crippen molar-refractivity contribution in [3.8, 4) is 22.3 Å². The summed E-state index contributed by atoms with van der Waals surface area (Å²) in [4.78, 5) is 0. The van der Waals surface area contributed by atoms with Gasteiger partial charge in [0.25, 0.3) is 0 Å². The van der Waals surface area contributed by atoms with Crippen LogP contribution in [-0.2, 0) is 0 Å². The average Bonchev–Trinajstić information content (AvgIpc) is 3.82. The third-order valence-electron chi connectivity index (χ3n) is 9.98. The molecular weight excluding hydrogens is 532 g/mol. The van der Waals surface area contributed by atoms with Crippen LogP contribution in [0.3, 0.4) is 0 Å². The number of nitrogens with zero attached hydrogens (tertiary/aromatic N) is 2. The molecule has 4 aromatic heterocycles. The highest BCUT2D eigenvalue weighted by Gasteiger charge is 2.21. The molecule has 0 radical (unpaired) electrons. The Morgan fingerprint density at radius 2 is 0.818 bits per heavy atom. The summed E-state index contributed by atoms with van der Waals surface area (Å²) in [6.45, 7) is 0. The third-order valence-corrected chi connectivity index (χ3v) is 9.98. The summed E-state index contributed by atoms with van der Waals surface area (Å²) in [7, 11) is 0. The number of para-hydroxylation sites is 3. The summed E-state index contributed by atoms with van der Waals surface area (Å²) >= 11 is 0. The zero-order chi connectivity index (χ0) is 28.5. The highest BCUT2D eigenvalue weighted by molar-refractivity contribution is 6.27. The van der Waals surface area contributed by atoms with Gasteiger partial charge in [0, 0.05) is 43.1 Å². The lowest BCUT2D eigenvalue weighted by Crippen LogP contribution is -1.85. The molecule has 0 saturated heterocycles. The van der Waals surface area contributed by atoms with Crippen LogP contribution in [0.25, 0.3) is 98.4 Å². The quantitative estimate of drug-likeness (QED) is 0.200. The Morgan fingerprint density at radius 3 is 1.61 bits per heavy atom. The van der Waals surface area contributed by atoms with Crippen LogP contribution in [0.15, 0.2) is 146 Å². The molecule has 0 unspecified atom stereocenters. The summed E-state index contributed by atoms with van der Waals surface area (Å²) in [5.74, 6) is 0. The van der Waals surface area contributed by atoms with Crippen molar-refractivity contribution in [3.63, 3.8) is 0 Å². The minimum absolute atomic E-state index is 1.25. The van der Waals surface area contributed by atoms with Crippen LogP contribution in [0, 0.1) is 0 Å². The molecule has 0 aliphatic rings. The molecule has 0 fully saturated rings. The second kappa shape index (κ2) is 7.94. The highest BCUT2D eigenvalue weighted by Crippen LogP contribution is 2.45. The Labute approximate surface area is 252 Å². The second-order valence-corrected chi connectivity index (χ2v) is 12.1. The molecule has 7 aromatic carbocycles. The summed E-state index contributed by atoms with van der Waals surface area (Å²) in [6, 6.07) is 53.8. The number of rotatable bonds is 2. The van der Waals surface area contributed by atoms with E-state index in [0.717, 1.165) is 0 Å². The van der Waals surface area contributed by atoms with Gasteiger partial charge in [0.05, 0.1) is 33.1 Å². The van der Waals surface area contributed by atoms with Gasteiger partial charge in [-0.2, -0.15) is 0 Å². The summed E-state index contributed by atoms with van der Waals surface area (Å²) < 4.78 is 4.94. The van der Waals surface area contributed by atoms with E-state index in [9.17, 15) is 0 Å². The fraction of sp³-hybridized carbons (Fsp3) is 0. The Kier molecular flexibility index (Phi) is 4.10. The molecule has 0 saturated carbocycles. The molecule has 2 heteroatoms. The molecular formula is C42H24N2. The first-order chi connectivity index (χ1) is 21.8. The van der Waals surface area contributed by atoms with E-state index in [-0.39, 0.29) is 0 Å². The van der Waals surface area contributed by atoms with Crippen molar-refractivity contribution in [2.75, 3.05) is 0 Å². The van der Waals surface area contributed by atoms with Crippen LogP contribution >= 0.6 is 0 Å². The van der Waals surface area contributed by atoms with Gasteiger partial charge in [-0.05, 0) is 58.7 Å². The fourth-order valence-electron chi connectivity index (χ4n) is 8.18. The van der Waals surface area contributed by atoms with Crippen molar-refractivity contribution in [1.82, 2.24) is 8.80 Å². The van der Waals surface area contributed by atoms with E-state index in [1.807, 2.05) is 0 Å². The van der Waals surface area contributed by atoms with Gasteiger partial charge in [0.2, 0.25) is 0 Å². The minimum Gasteiger partial charge on any atom is -0.308 e. The summed E-state index contributed by atoms with van der Waals surface area (Å²) in [5, 5.41) is 10.5. The van der Waals surface area contributed by atoms with Crippen LogP contribution in [-0.4, -0.2) is 8.80 Å². The fourth-order valence-corrected chi connectivity index (χ4v) is 8.18. The number of aromatic nitrogens is 2. The average molecular weight is 557 g/mol. The van der Waals surface area contributed by atoms with Gasteiger partial charge in [-0.1, -0.05) is 109 Å². The van der Waals surface area contributed by atoms with Crippen LogP contribution < -0.4 is 0 Å². The Balaban J connectivity index is 1.20. The summed E-state index contributed by atoms with van der Waals surface area (Å²) in [5.41, 5.74) is 12.7. The van der Waals surface area contributed by atoms with Gasteiger partial charge in [-0.25, -0.2) is 0 Å². The monoisotopic (exact) mass is 556 g/mol. The van der Waals surface area contributed by atoms with Crippen molar-refractivity contribution in [2.24, 2.45) is 0 Å². The van der Waals surface area contributed by atoms with Gasteiger partial charge in [0.15, 0.2) is 0 Å². The third kappa shape index (κ3) is 2.68. The molecule has 0 N–H and O–H groups in total. The van der Waals surface area contributed by atoms with Gasteiger partial charge in [-0.15, -0.1) is 0 Å². The van der Waals surface area contributed by atoms with Crippen molar-refractivity contribution in [2.45, 2.75) is 0 Å². The van der Waals surface area contributed by atoms with Crippen molar-refractivity contribution in [3.05, 3.63) is 146 Å². The topological polar surface area (TPSA) is 8.82 Å². The van der Waals surface area contributed by atoms with E-state index in [4.69, 9.17) is 0 Å². The molecule has 0 aliphatic heterocycles. The molecule has 11 rings (SSSR count). The molecule has 0 bridgehead atoms. The van der Waals surface area contributed by atoms with Crippen molar-refractivity contribution < 1.29 is 0 Å². The molecule has 2 nitrogen and oxygen atoms in total. The highest BCUT2D eigenvalue weighted by atomic mass is 14.9. The number of hydrogen-bond acceptors (Lipinski definition) is 0. The van der Waals surface area contributed by atoms with Gasteiger partial charge >= 0.3 is 0 Å². The van der Waals surface area contributed by atoms with E-state index in [1.165, 1.54) is 98.4 Å². The Morgan fingerprint density at radius 1 is 0.295 bits per heavy atom. The lowest BCUT2D eigenvalue weighted by molar-refractivity contribution is 1.37. The largest absolute Gasteiger partial charge is 0.308 e. The maximum absolute atomic E-state index is 2.49. The lowest BCUT2D eigenvalue weighted by Gasteiger charge is -2.08. The second-order valence-electron chi connectivity index (χ2n) is 12.1. The molecule has 0 atom stereocenters. The molecule has 4 heterocycles. The Hall–Kier alpha value is -5.86. The molecule has 202 valence electrons. The van der Waals surface area contributed by atoms with E-state index < -0.39 is 0 Å². The Bertz CT molecular complexity index is 2920. The lowest BCUT2D eigenvalue weighted by atomic mass is 9.96. The molecule has 11 aromatic rings. The van der Waals surface area contributed by atoms with Gasteiger partial charge in [-0.3, -0.25) is 0 Å². The van der Waals surface area contributed by atoms with Crippen molar-refractivity contribution >= 4 is 76.2 Å². The van der Waals surface area contributed by atoms with Gasteiger partial charge < -0.3 is 8.80 Å². The number of benzene rings is 7. The predicted molar refractivity (Wildman–Crippen MR) is 187 cm³/mol. The zero-order valence-corrected chi connectivity index (χ0v) is 23.8. The molecule has 44 heavy (non-hydrogen) atoms. The van der Waals surface area contributed by atoms with E-state index in [2.05, 4.69) is 154 Å². The minimum atomic E-state index is 1.25. The number of hydrogen-bond donors (Lipinski definition) is 0. The normalized spacial score (nSPS) is 12.5.